The Kier molecular flexibility index (Phi) is 6.13. The number of nitriles is 1. The van der Waals surface area contributed by atoms with E-state index in [0.717, 1.165) is 44.5 Å². The molecule has 0 radical (unpaired) electrons. The number of fused-ring (bicyclic) bond motifs is 1. The Bertz CT molecular complexity index is 1130. The highest BCUT2D eigenvalue weighted by molar-refractivity contribution is 5.72. The van der Waals surface area contributed by atoms with Crippen molar-refractivity contribution in [1.29, 1.82) is 5.26 Å². The number of anilines is 1. The molecule has 2 aliphatic rings. The van der Waals surface area contributed by atoms with Crippen molar-refractivity contribution in [2.75, 3.05) is 38.3 Å². The Morgan fingerprint density at radius 3 is 2.39 bits per heavy atom. The van der Waals surface area contributed by atoms with E-state index in [1.165, 1.54) is 0 Å². The van der Waals surface area contributed by atoms with E-state index in [2.05, 4.69) is 26.3 Å². The minimum absolute atomic E-state index is 0.0389. The van der Waals surface area contributed by atoms with Crippen LogP contribution in [0, 0.1) is 11.3 Å². The smallest absolute Gasteiger partial charge is 0.233 e. The van der Waals surface area contributed by atoms with Crippen molar-refractivity contribution in [3.05, 3.63) is 36.2 Å². The Morgan fingerprint density at radius 1 is 1.03 bits per heavy atom. The molecule has 1 aliphatic carbocycles. The van der Waals surface area contributed by atoms with Crippen LogP contribution in [0.3, 0.4) is 0 Å². The fourth-order valence-corrected chi connectivity index (χ4v) is 4.33. The molecule has 33 heavy (non-hydrogen) atoms. The molecular weight excluding hydrogens is 424 g/mol. The van der Waals surface area contributed by atoms with Gasteiger partial charge in [0.05, 0.1) is 44.5 Å². The molecule has 5 rings (SSSR count). The molecule has 3 aromatic rings. The molecule has 0 amide bonds. The zero-order valence-electron chi connectivity index (χ0n) is 18.5. The summed E-state index contributed by atoms with van der Waals surface area (Å²) in [5.74, 6) is 1.65. The minimum atomic E-state index is 0.0389. The number of aromatic nitrogens is 4. The van der Waals surface area contributed by atoms with E-state index in [4.69, 9.17) is 18.9 Å². The molecular formula is C23H26N6O4. The number of morpholine rings is 1. The van der Waals surface area contributed by atoms with E-state index < -0.39 is 0 Å². The lowest BCUT2D eigenvalue weighted by Gasteiger charge is -2.31. The summed E-state index contributed by atoms with van der Waals surface area (Å²) < 4.78 is 24.7. The van der Waals surface area contributed by atoms with Crippen LogP contribution < -0.4 is 19.1 Å². The summed E-state index contributed by atoms with van der Waals surface area (Å²) >= 11 is 0. The van der Waals surface area contributed by atoms with Gasteiger partial charge in [-0.05, 0) is 25.7 Å². The van der Waals surface area contributed by atoms with Crippen LogP contribution in [0.1, 0.15) is 31.2 Å². The highest BCUT2D eigenvalue weighted by atomic mass is 16.5. The lowest BCUT2D eigenvalue weighted by Crippen LogP contribution is -2.36. The monoisotopic (exact) mass is 450 g/mol. The number of hydrogen-bond donors (Lipinski definition) is 0. The van der Waals surface area contributed by atoms with Gasteiger partial charge in [0.2, 0.25) is 11.8 Å². The number of pyridine rings is 1. The summed E-state index contributed by atoms with van der Waals surface area (Å²) in [6.45, 7) is 3.01. The first-order chi connectivity index (χ1) is 16.2. The molecule has 1 saturated heterocycles. The van der Waals surface area contributed by atoms with Crippen molar-refractivity contribution >= 4 is 11.2 Å². The van der Waals surface area contributed by atoms with Gasteiger partial charge in [-0.15, -0.1) is 10.2 Å². The van der Waals surface area contributed by atoms with Crippen LogP contribution >= 0.6 is 0 Å². The molecule has 0 spiro atoms. The van der Waals surface area contributed by atoms with Gasteiger partial charge in [0.15, 0.2) is 0 Å². The third-order valence-electron chi connectivity index (χ3n) is 6.09. The van der Waals surface area contributed by atoms with Crippen molar-refractivity contribution in [3.63, 3.8) is 0 Å². The van der Waals surface area contributed by atoms with Crippen molar-refractivity contribution in [3.8, 4) is 23.6 Å². The minimum Gasteiger partial charge on any atom is -0.488 e. The van der Waals surface area contributed by atoms with Gasteiger partial charge in [-0.25, -0.2) is 4.52 Å². The van der Waals surface area contributed by atoms with Crippen molar-refractivity contribution in [2.24, 2.45) is 0 Å². The molecule has 0 N–H and O–H groups in total. The summed E-state index contributed by atoms with van der Waals surface area (Å²) in [7, 11) is 1.56. The first kappa shape index (κ1) is 21.3. The van der Waals surface area contributed by atoms with Crippen LogP contribution in [0.25, 0.3) is 5.52 Å². The standard InChI is InChI=1S/C23H26N6O4/c1-30-21-6-7-22(27-26-21)33-19-4-2-18(3-5-19)32-20-12-17(28-8-10-31-11-9-28)15-29-23(20)16(13-24)14-25-29/h6-7,12,14-15,18-19H,2-5,8-11H2,1H3. The second-order valence-electron chi connectivity index (χ2n) is 8.17. The van der Waals surface area contributed by atoms with Crippen LogP contribution in [0.5, 0.6) is 17.5 Å². The van der Waals surface area contributed by atoms with E-state index in [9.17, 15) is 5.26 Å². The van der Waals surface area contributed by atoms with Crippen LogP contribution in [-0.2, 0) is 4.74 Å². The Morgan fingerprint density at radius 2 is 1.73 bits per heavy atom. The first-order valence-electron chi connectivity index (χ1n) is 11.2. The number of methoxy groups -OCH3 is 1. The van der Waals surface area contributed by atoms with Crippen molar-refractivity contribution < 1.29 is 18.9 Å². The van der Waals surface area contributed by atoms with Crippen LogP contribution in [0.4, 0.5) is 5.69 Å². The lowest BCUT2D eigenvalue weighted by molar-refractivity contribution is 0.0778. The maximum atomic E-state index is 9.56. The largest absolute Gasteiger partial charge is 0.488 e. The fourth-order valence-electron chi connectivity index (χ4n) is 4.33. The second-order valence-corrected chi connectivity index (χ2v) is 8.17. The number of nitrogens with zero attached hydrogens (tertiary/aromatic N) is 6. The average molecular weight is 450 g/mol. The SMILES string of the molecule is COc1ccc(OC2CCC(Oc3cc(N4CCOCC4)cn4ncc(C#N)c34)CC2)nn1. The van der Waals surface area contributed by atoms with Gasteiger partial charge in [-0.3, -0.25) is 0 Å². The predicted octanol–water partition coefficient (Wildman–Crippen LogP) is 2.61. The molecule has 0 aromatic carbocycles. The molecule has 10 heteroatoms. The van der Waals surface area contributed by atoms with E-state index in [1.807, 2.05) is 12.3 Å². The lowest BCUT2D eigenvalue weighted by atomic mass is 9.95. The molecule has 1 aliphatic heterocycles. The molecule has 0 bridgehead atoms. The van der Waals surface area contributed by atoms with E-state index >= 15 is 0 Å². The Balaban J connectivity index is 1.28. The predicted molar refractivity (Wildman–Crippen MR) is 119 cm³/mol. The first-order valence-corrected chi connectivity index (χ1v) is 11.2. The van der Waals surface area contributed by atoms with Gasteiger partial charge in [-0.2, -0.15) is 10.4 Å². The molecule has 3 aromatic heterocycles. The van der Waals surface area contributed by atoms with Crippen LogP contribution in [0.15, 0.2) is 30.6 Å². The highest BCUT2D eigenvalue weighted by Gasteiger charge is 2.26. The third kappa shape index (κ3) is 4.64. The summed E-state index contributed by atoms with van der Waals surface area (Å²) in [5.41, 5.74) is 2.23. The van der Waals surface area contributed by atoms with Crippen molar-refractivity contribution in [2.45, 2.75) is 37.9 Å². The number of hydrogen-bond acceptors (Lipinski definition) is 9. The number of ether oxygens (including phenoxy) is 4. The maximum Gasteiger partial charge on any atom is 0.233 e. The summed E-state index contributed by atoms with van der Waals surface area (Å²) in [6.07, 6.45) is 7.04. The quantitative estimate of drug-likeness (QED) is 0.560. The fraction of sp³-hybridized carbons (Fsp3) is 0.478. The second kappa shape index (κ2) is 9.50. The molecule has 2 fully saturated rings. The number of rotatable bonds is 6. The Labute approximate surface area is 191 Å². The van der Waals surface area contributed by atoms with Crippen LogP contribution in [-0.4, -0.2) is 65.4 Å². The zero-order valence-corrected chi connectivity index (χ0v) is 18.5. The maximum absolute atomic E-state index is 9.56. The van der Waals surface area contributed by atoms with E-state index in [0.29, 0.717) is 41.8 Å². The molecule has 4 heterocycles. The Hall–Kier alpha value is -3.58. The van der Waals surface area contributed by atoms with Gasteiger partial charge >= 0.3 is 0 Å². The average Bonchev–Trinajstić information content (AvgIpc) is 3.30. The zero-order chi connectivity index (χ0) is 22.6. The van der Waals surface area contributed by atoms with Gasteiger partial charge in [0.25, 0.3) is 0 Å². The van der Waals surface area contributed by atoms with Crippen LogP contribution in [0.2, 0.25) is 0 Å². The highest BCUT2D eigenvalue weighted by Crippen LogP contribution is 2.33. The molecule has 0 unspecified atom stereocenters. The van der Waals surface area contributed by atoms with E-state index in [-0.39, 0.29) is 12.2 Å². The van der Waals surface area contributed by atoms with Gasteiger partial charge < -0.3 is 23.8 Å². The van der Waals surface area contributed by atoms with Crippen molar-refractivity contribution in [1.82, 2.24) is 19.8 Å². The normalized spacial score (nSPS) is 20.9. The summed E-state index contributed by atoms with van der Waals surface area (Å²) in [6, 6.07) is 7.76. The molecule has 0 atom stereocenters. The van der Waals surface area contributed by atoms with Gasteiger partial charge in [0.1, 0.15) is 29.0 Å². The summed E-state index contributed by atoms with van der Waals surface area (Å²) in [5, 5.41) is 21.9. The molecule has 1 saturated carbocycles. The third-order valence-corrected chi connectivity index (χ3v) is 6.09. The summed E-state index contributed by atoms with van der Waals surface area (Å²) in [4.78, 5) is 2.25. The van der Waals surface area contributed by atoms with Gasteiger partial charge in [0, 0.05) is 31.3 Å². The topological polar surface area (TPSA) is 107 Å². The molecule has 172 valence electrons. The van der Waals surface area contributed by atoms with Gasteiger partial charge in [-0.1, -0.05) is 0 Å². The van der Waals surface area contributed by atoms with E-state index in [1.54, 1.807) is 30.0 Å². The molecule has 10 nitrogen and oxygen atoms in total.